The third-order valence-corrected chi connectivity index (χ3v) is 5.20. The van der Waals surface area contributed by atoms with E-state index in [2.05, 4.69) is 15.0 Å². The highest BCUT2D eigenvalue weighted by Gasteiger charge is 2.29. The van der Waals surface area contributed by atoms with Gasteiger partial charge in [0.05, 0.1) is 11.8 Å². The first-order valence-electron chi connectivity index (χ1n) is 9.48. The van der Waals surface area contributed by atoms with Gasteiger partial charge in [-0.1, -0.05) is 18.2 Å². The maximum Gasteiger partial charge on any atom is 0.253 e. The van der Waals surface area contributed by atoms with Crippen molar-refractivity contribution in [2.24, 2.45) is 5.92 Å². The van der Waals surface area contributed by atoms with Crippen LogP contribution in [-0.4, -0.2) is 44.0 Å². The zero-order valence-corrected chi connectivity index (χ0v) is 15.5. The minimum Gasteiger partial charge on any atom is -0.387 e. The lowest BCUT2D eigenvalue weighted by molar-refractivity contribution is 0.0447. The normalized spacial score (nSPS) is 16.0. The molecule has 1 amide bonds. The second-order valence-electron chi connectivity index (χ2n) is 6.98. The summed E-state index contributed by atoms with van der Waals surface area (Å²) in [5.41, 5.74) is 2.16. The van der Waals surface area contributed by atoms with Gasteiger partial charge in [0.1, 0.15) is 0 Å². The highest BCUT2D eigenvalue weighted by atomic mass is 16.3. The molecule has 0 unspecified atom stereocenters. The predicted octanol–water partition coefficient (Wildman–Crippen LogP) is 3.12. The summed E-state index contributed by atoms with van der Waals surface area (Å²) in [5.74, 6) is 0.723. The average Bonchev–Trinajstić information content (AvgIpc) is 2.79. The lowest BCUT2D eigenvalue weighted by Crippen LogP contribution is -2.39. The maximum absolute atomic E-state index is 12.9. The molecule has 1 aliphatic rings. The van der Waals surface area contributed by atoms with Crippen LogP contribution in [0.2, 0.25) is 0 Å². The van der Waals surface area contributed by atoms with E-state index in [-0.39, 0.29) is 11.8 Å². The van der Waals surface area contributed by atoms with Crippen LogP contribution < -0.4 is 0 Å². The van der Waals surface area contributed by atoms with Crippen molar-refractivity contribution in [3.8, 4) is 11.4 Å². The summed E-state index contributed by atoms with van der Waals surface area (Å²) >= 11 is 0. The fourth-order valence-electron chi connectivity index (χ4n) is 3.63. The second-order valence-corrected chi connectivity index (χ2v) is 6.98. The van der Waals surface area contributed by atoms with E-state index in [1.54, 1.807) is 24.7 Å². The number of nitrogens with zero attached hydrogens (tertiary/aromatic N) is 4. The number of aromatic nitrogens is 3. The number of amides is 1. The van der Waals surface area contributed by atoms with Gasteiger partial charge in [-0.2, -0.15) is 0 Å². The second kappa shape index (κ2) is 8.27. The quantitative estimate of drug-likeness (QED) is 0.759. The topological polar surface area (TPSA) is 79.2 Å². The van der Waals surface area contributed by atoms with Crippen LogP contribution in [0.5, 0.6) is 0 Å². The van der Waals surface area contributed by atoms with Gasteiger partial charge in [-0.15, -0.1) is 0 Å². The van der Waals surface area contributed by atoms with E-state index in [4.69, 9.17) is 0 Å². The standard InChI is InChI=1S/C22H22N4O2/c27-20(19-7-1-2-10-23-19)16-8-13-26(14-9-16)22(28)18-6-3-5-17(15-18)21-24-11-4-12-25-21/h1-7,10-12,15-16,20,27H,8-9,13-14H2/t20-/m0/s1. The van der Waals surface area contributed by atoms with Gasteiger partial charge in [0, 0.05) is 42.8 Å². The van der Waals surface area contributed by atoms with Crippen LogP contribution in [-0.2, 0) is 0 Å². The molecule has 4 rings (SSSR count). The molecule has 3 aromatic rings. The number of aliphatic hydroxyl groups excluding tert-OH is 1. The molecule has 0 aliphatic carbocycles. The Hall–Kier alpha value is -3.12. The SMILES string of the molecule is O=C(c1cccc(-c2ncccn2)c1)N1CCC([C@H](O)c2ccccn2)CC1. The Morgan fingerprint density at radius 2 is 1.71 bits per heavy atom. The molecule has 3 heterocycles. The van der Waals surface area contributed by atoms with E-state index in [1.165, 1.54) is 0 Å². The monoisotopic (exact) mass is 374 g/mol. The van der Waals surface area contributed by atoms with E-state index in [1.807, 2.05) is 47.4 Å². The van der Waals surface area contributed by atoms with Gasteiger partial charge in [0.2, 0.25) is 0 Å². The fourth-order valence-corrected chi connectivity index (χ4v) is 3.63. The Kier molecular flexibility index (Phi) is 5.39. The number of benzene rings is 1. The molecular weight excluding hydrogens is 352 g/mol. The van der Waals surface area contributed by atoms with Gasteiger partial charge in [0.15, 0.2) is 5.82 Å². The molecule has 142 valence electrons. The van der Waals surface area contributed by atoms with Crippen LogP contribution >= 0.6 is 0 Å². The Morgan fingerprint density at radius 3 is 2.43 bits per heavy atom. The van der Waals surface area contributed by atoms with Crippen molar-refractivity contribution in [2.45, 2.75) is 18.9 Å². The van der Waals surface area contributed by atoms with E-state index in [0.717, 1.165) is 18.4 Å². The third kappa shape index (κ3) is 3.92. The number of piperidine rings is 1. The molecule has 1 aromatic carbocycles. The number of likely N-dealkylation sites (tertiary alicyclic amines) is 1. The summed E-state index contributed by atoms with van der Waals surface area (Å²) in [5, 5.41) is 10.6. The first-order valence-corrected chi connectivity index (χ1v) is 9.48. The van der Waals surface area contributed by atoms with Crippen molar-refractivity contribution in [3.63, 3.8) is 0 Å². The van der Waals surface area contributed by atoms with Crippen molar-refractivity contribution in [1.82, 2.24) is 19.9 Å². The summed E-state index contributed by atoms with van der Waals surface area (Å²) in [4.78, 5) is 27.5. The van der Waals surface area contributed by atoms with Crippen LogP contribution in [0.4, 0.5) is 0 Å². The number of carbonyl (C=O) groups is 1. The van der Waals surface area contributed by atoms with Crippen molar-refractivity contribution in [3.05, 3.63) is 78.4 Å². The predicted molar refractivity (Wildman–Crippen MR) is 105 cm³/mol. The molecule has 1 saturated heterocycles. The van der Waals surface area contributed by atoms with Gasteiger partial charge in [0.25, 0.3) is 5.91 Å². The van der Waals surface area contributed by atoms with Crippen molar-refractivity contribution >= 4 is 5.91 Å². The van der Waals surface area contributed by atoms with Gasteiger partial charge in [-0.3, -0.25) is 9.78 Å². The van der Waals surface area contributed by atoms with Crippen molar-refractivity contribution in [2.75, 3.05) is 13.1 Å². The van der Waals surface area contributed by atoms with Gasteiger partial charge >= 0.3 is 0 Å². The molecule has 2 aromatic heterocycles. The Balaban J connectivity index is 1.42. The number of carbonyl (C=O) groups excluding carboxylic acids is 1. The van der Waals surface area contributed by atoms with E-state index >= 15 is 0 Å². The molecule has 1 atom stereocenters. The number of hydrogen-bond acceptors (Lipinski definition) is 5. The summed E-state index contributed by atoms with van der Waals surface area (Å²) in [7, 11) is 0. The van der Waals surface area contributed by atoms with Crippen molar-refractivity contribution in [1.29, 1.82) is 0 Å². The molecule has 0 saturated carbocycles. The molecule has 0 radical (unpaired) electrons. The molecule has 0 spiro atoms. The minimum absolute atomic E-state index is 0.00329. The lowest BCUT2D eigenvalue weighted by Gasteiger charge is -2.34. The number of rotatable bonds is 4. The Bertz CT molecular complexity index is 926. The van der Waals surface area contributed by atoms with Crippen LogP contribution in [0, 0.1) is 5.92 Å². The maximum atomic E-state index is 12.9. The molecule has 1 aliphatic heterocycles. The highest BCUT2D eigenvalue weighted by Crippen LogP contribution is 2.30. The fraction of sp³-hybridized carbons (Fsp3) is 0.273. The number of hydrogen-bond donors (Lipinski definition) is 1. The summed E-state index contributed by atoms with van der Waals surface area (Å²) in [6.45, 7) is 1.25. The molecule has 1 fully saturated rings. The first-order chi connectivity index (χ1) is 13.7. The van der Waals surface area contributed by atoms with E-state index < -0.39 is 6.10 Å². The van der Waals surface area contributed by atoms with Gasteiger partial charge in [-0.05, 0) is 49.1 Å². The molecular formula is C22H22N4O2. The summed E-state index contributed by atoms with van der Waals surface area (Å²) in [6, 6.07) is 14.8. The summed E-state index contributed by atoms with van der Waals surface area (Å²) < 4.78 is 0. The molecule has 28 heavy (non-hydrogen) atoms. The lowest BCUT2D eigenvalue weighted by atomic mass is 9.89. The number of pyridine rings is 1. The van der Waals surface area contributed by atoms with Crippen LogP contribution in [0.15, 0.2) is 67.1 Å². The highest BCUT2D eigenvalue weighted by molar-refractivity contribution is 5.95. The van der Waals surface area contributed by atoms with Gasteiger partial charge < -0.3 is 10.0 Å². The first kappa shape index (κ1) is 18.3. The number of aliphatic hydroxyl groups is 1. The zero-order chi connectivity index (χ0) is 19.3. The van der Waals surface area contributed by atoms with Crippen LogP contribution in [0.3, 0.4) is 0 Å². The Morgan fingerprint density at radius 1 is 0.964 bits per heavy atom. The van der Waals surface area contributed by atoms with Crippen LogP contribution in [0.25, 0.3) is 11.4 Å². The molecule has 0 bridgehead atoms. The minimum atomic E-state index is -0.586. The average molecular weight is 374 g/mol. The smallest absolute Gasteiger partial charge is 0.253 e. The van der Waals surface area contributed by atoms with Crippen molar-refractivity contribution < 1.29 is 9.90 Å². The summed E-state index contributed by atoms with van der Waals surface area (Å²) in [6.07, 6.45) is 6.00. The van der Waals surface area contributed by atoms with Crippen LogP contribution in [0.1, 0.15) is 35.0 Å². The van der Waals surface area contributed by atoms with E-state index in [0.29, 0.717) is 30.2 Å². The largest absolute Gasteiger partial charge is 0.387 e. The zero-order valence-electron chi connectivity index (χ0n) is 15.5. The molecule has 6 nitrogen and oxygen atoms in total. The van der Waals surface area contributed by atoms with E-state index in [9.17, 15) is 9.90 Å². The third-order valence-electron chi connectivity index (χ3n) is 5.20. The Labute approximate surface area is 163 Å². The molecule has 1 N–H and O–H groups in total. The van der Waals surface area contributed by atoms with Gasteiger partial charge in [-0.25, -0.2) is 9.97 Å². The molecule has 6 heteroatoms.